The van der Waals surface area contributed by atoms with Gasteiger partial charge in [-0.25, -0.2) is 9.59 Å². The van der Waals surface area contributed by atoms with Crippen LogP contribution >= 0.6 is 11.3 Å². The molecule has 1 aliphatic rings. The SMILES string of the molecule is Cc1ccc(CN(C)C(=O)N2CCN(C(=O)C(c3ccccc3)c3ccccc3)[C@H](C(=O)O)C2)s1. The highest BCUT2D eigenvalue weighted by Crippen LogP contribution is 2.29. The van der Waals surface area contributed by atoms with E-state index in [1.807, 2.05) is 79.7 Å². The lowest BCUT2D eigenvalue weighted by Crippen LogP contribution is -2.61. The van der Waals surface area contributed by atoms with Crippen LogP contribution in [-0.2, 0) is 16.1 Å². The first-order chi connectivity index (χ1) is 16.8. The zero-order valence-corrected chi connectivity index (χ0v) is 20.6. The number of amides is 3. The molecule has 1 atom stereocenters. The Morgan fingerprint density at radius 1 is 0.971 bits per heavy atom. The average molecular weight is 492 g/mol. The predicted octanol–water partition coefficient (Wildman–Crippen LogP) is 4.04. The van der Waals surface area contributed by atoms with Gasteiger partial charge in [0.15, 0.2) is 0 Å². The number of urea groups is 1. The molecule has 0 bridgehead atoms. The fraction of sp³-hybridized carbons (Fsp3) is 0.296. The smallest absolute Gasteiger partial charge is 0.328 e. The molecule has 0 spiro atoms. The number of piperazine rings is 1. The van der Waals surface area contributed by atoms with Gasteiger partial charge in [-0.15, -0.1) is 11.3 Å². The molecule has 1 N–H and O–H groups in total. The molecular weight excluding hydrogens is 462 g/mol. The predicted molar refractivity (Wildman–Crippen MR) is 135 cm³/mol. The third-order valence-electron chi connectivity index (χ3n) is 6.25. The number of carbonyl (C=O) groups excluding carboxylic acids is 2. The second-order valence-electron chi connectivity index (χ2n) is 8.74. The largest absolute Gasteiger partial charge is 0.480 e. The second-order valence-corrected chi connectivity index (χ2v) is 10.1. The number of aliphatic carboxylic acids is 1. The van der Waals surface area contributed by atoms with E-state index in [2.05, 4.69) is 0 Å². The average Bonchev–Trinajstić information content (AvgIpc) is 3.28. The molecular formula is C27H29N3O4S. The van der Waals surface area contributed by atoms with Gasteiger partial charge in [0.1, 0.15) is 6.04 Å². The fourth-order valence-corrected chi connectivity index (χ4v) is 5.42. The number of thiophene rings is 1. The molecule has 35 heavy (non-hydrogen) atoms. The quantitative estimate of drug-likeness (QED) is 0.564. The van der Waals surface area contributed by atoms with Crippen LogP contribution in [0, 0.1) is 6.92 Å². The molecule has 0 saturated carbocycles. The van der Waals surface area contributed by atoms with Crippen molar-refractivity contribution < 1.29 is 19.5 Å². The van der Waals surface area contributed by atoms with Gasteiger partial charge in [0.2, 0.25) is 5.91 Å². The van der Waals surface area contributed by atoms with Crippen molar-refractivity contribution in [1.29, 1.82) is 0 Å². The maximum absolute atomic E-state index is 13.8. The van der Waals surface area contributed by atoms with Crippen LogP contribution in [0.3, 0.4) is 0 Å². The highest BCUT2D eigenvalue weighted by molar-refractivity contribution is 7.11. The van der Waals surface area contributed by atoms with Gasteiger partial charge in [-0.1, -0.05) is 60.7 Å². The summed E-state index contributed by atoms with van der Waals surface area (Å²) < 4.78 is 0. The van der Waals surface area contributed by atoms with E-state index >= 15 is 0 Å². The molecule has 1 fully saturated rings. The van der Waals surface area contributed by atoms with Gasteiger partial charge in [0.25, 0.3) is 0 Å². The van der Waals surface area contributed by atoms with Crippen LogP contribution in [0.5, 0.6) is 0 Å². The summed E-state index contributed by atoms with van der Waals surface area (Å²) in [6.07, 6.45) is 0. The molecule has 2 heterocycles. The van der Waals surface area contributed by atoms with E-state index in [1.54, 1.807) is 23.3 Å². The number of carbonyl (C=O) groups is 3. The Kier molecular flexibility index (Phi) is 7.51. The summed E-state index contributed by atoms with van der Waals surface area (Å²) in [5.74, 6) is -2.01. The zero-order valence-electron chi connectivity index (χ0n) is 19.8. The van der Waals surface area contributed by atoms with Crippen LogP contribution in [-0.4, -0.2) is 70.4 Å². The van der Waals surface area contributed by atoms with Gasteiger partial charge < -0.3 is 19.8 Å². The number of benzene rings is 2. The lowest BCUT2D eigenvalue weighted by atomic mass is 9.89. The van der Waals surface area contributed by atoms with Gasteiger partial charge in [0.05, 0.1) is 19.0 Å². The van der Waals surface area contributed by atoms with E-state index < -0.39 is 17.9 Å². The van der Waals surface area contributed by atoms with Crippen molar-refractivity contribution in [1.82, 2.24) is 14.7 Å². The molecule has 2 aromatic carbocycles. The third-order valence-corrected chi connectivity index (χ3v) is 7.23. The molecule has 182 valence electrons. The van der Waals surface area contributed by atoms with Crippen molar-refractivity contribution in [3.8, 4) is 0 Å². The molecule has 1 aromatic heterocycles. The summed E-state index contributed by atoms with van der Waals surface area (Å²) in [5, 5.41) is 10.0. The Bertz CT molecular complexity index is 1140. The number of hydrogen-bond donors (Lipinski definition) is 1. The number of nitrogens with zero attached hydrogens (tertiary/aromatic N) is 3. The monoisotopic (exact) mass is 491 g/mol. The molecule has 3 aromatic rings. The van der Waals surface area contributed by atoms with Crippen molar-refractivity contribution >= 4 is 29.2 Å². The van der Waals surface area contributed by atoms with Gasteiger partial charge >= 0.3 is 12.0 Å². The molecule has 0 unspecified atom stereocenters. The highest BCUT2D eigenvalue weighted by Gasteiger charge is 2.40. The van der Waals surface area contributed by atoms with E-state index in [4.69, 9.17) is 0 Å². The highest BCUT2D eigenvalue weighted by atomic mass is 32.1. The Morgan fingerprint density at radius 3 is 2.09 bits per heavy atom. The lowest BCUT2D eigenvalue weighted by molar-refractivity contribution is -0.153. The van der Waals surface area contributed by atoms with Gasteiger partial charge in [0, 0.05) is 29.9 Å². The molecule has 0 aliphatic carbocycles. The van der Waals surface area contributed by atoms with Crippen LogP contribution in [0.2, 0.25) is 0 Å². The minimum absolute atomic E-state index is 0.0516. The second kappa shape index (κ2) is 10.7. The fourth-order valence-electron chi connectivity index (χ4n) is 4.48. The first-order valence-electron chi connectivity index (χ1n) is 11.5. The molecule has 0 radical (unpaired) electrons. The minimum atomic E-state index is -1.12. The maximum Gasteiger partial charge on any atom is 0.328 e. The van der Waals surface area contributed by atoms with Crippen molar-refractivity contribution in [3.63, 3.8) is 0 Å². The number of carboxylic acid groups (broad SMARTS) is 1. The van der Waals surface area contributed by atoms with Crippen LogP contribution in [0.25, 0.3) is 0 Å². The van der Waals surface area contributed by atoms with Gasteiger partial charge in [-0.05, 0) is 30.2 Å². The van der Waals surface area contributed by atoms with E-state index in [9.17, 15) is 19.5 Å². The molecule has 1 aliphatic heterocycles. The maximum atomic E-state index is 13.8. The lowest BCUT2D eigenvalue weighted by Gasteiger charge is -2.41. The van der Waals surface area contributed by atoms with Crippen molar-refractivity contribution in [2.24, 2.45) is 0 Å². The normalized spacial score (nSPS) is 15.8. The minimum Gasteiger partial charge on any atom is -0.480 e. The standard InChI is InChI=1S/C27H29N3O4S/c1-19-13-14-22(35-19)17-28(2)27(34)29-15-16-30(23(18-29)26(32)33)25(31)24(20-9-5-3-6-10-20)21-11-7-4-8-12-21/h3-14,23-24H,15-18H2,1-2H3,(H,32,33)/t23-/m0/s1. The summed E-state index contributed by atoms with van der Waals surface area (Å²) in [7, 11) is 1.71. The van der Waals surface area contributed by atoms with Crippen LogP contribution in [0.4, 0.5) is 4.79 Å². The molecule has 8 heteroatoms. The first kappa shape index (κ1) is 24.5. The number of aryl methyl sites for hydroxylation is 1. The molecule has 7 nitrogen and oxygen atoms in total. The summed E-state index contributed by atoms with van der Waals surface area (Å²) in [6, 6.07) is 21.4. The Balaban J connectivity index is 1.53. The van der Waals surface area contributed by atoms with E-state index in [0.717, 1.165) is 16.0 Å². The van der Waals surface area contributed by atoms with Crippen molar-refractivity contribution in [3.05, 3.63) is 93.7 Å². The summed E-state index contributed by atoms with van der Waals surface area (Å²) in [5.41, 5.74) is 1.61. The zero-order chi connectivity index (χ0) is 24.9. The number of hydrogen-bond acceptors (Lipinski definition) is 4. The first-order valence-corrected chi connectivity index (χ1v) is 12.4. The van der Waals surface area contributed by atoms with E-state index in [-0.39, 0.29) is 31.6 Å². The Morgan fingerprint density at radius 2 is 1.57 bits per heavy atom. The molecule has 1 saturated heterocycles. The molecule has 4 rings (SSSR count). The third kappa shape index (κ3) is 5.54. The Hall–Kier alpha value is -3.65. The van der Waals surface area contributed by atoms with E-state index in [0.29, 0.717) is 6.54 Å². The topological polar surface area (TPSA) is 81.2 Å². The number of rotatable bonds is 6. The van der Waals surface area contributed by atoms with Gasteiger partial charge in [-0.3, -0.25) is 4.79 Å². The summed E-state index contributed by atoms with van der Waals surface area (Å²) in [4.78, 5) is 45.9. The van der Waals surface area contributed by atoms with Gasteiger partial charge in [-0.2, -0.15) is 0 Å². The van der Waals surface area contributed by atoms with Crippen molar-refractivity contribution in [2.45, 2.75) is 25.4 Å². The van der Waals surface area contributed by atoms with Crippen LogP contribution in [0.1, 0.15) is 26.8 Å². The summed E-state index contributed by atoms with van der Waals surface area (Å²) >= 11 is 1.63. The summed E-state index contributed by atoms with van der Waals surface area (Å²) in [6.45, 7) is 2.85. The molecule has 3 amide bonds. The van der Waals surface area contributed by atoms with E-state index in [1.165, 1.54) is 14.7 Å². The van der Waals surface area contributed by atoms with Crippen LogP contribution in [0.15, 0.2) is 72.8 Å². The van der Waals surface area contributed by atoms with Crippen LogP contribution < -0.4 is 0 Å². The Labute approximate surface area is 209 Å². The van der Waals surface area contributed by atoms with Crippen molar-refractivity contribution in [2.75, 3.05) is 26.7 Å². The number of carboxylic acids is 1.